The van der Waals surface area contributed by atoms with Gasteiger partial charge in [0.15, 0.2) is 23.5 Å². The summed E-state index contributed by atoms with van der Waals surface area (Å²) in [6, 6.07) is 4.15. The average molecular weight is 492 g/mol. The normalized spacial score (nSPS) is 19.7. The lowest BCUT2D eigenvalue weighted by molar-refractivity contribution is -0.132. The largest absolute Gasteiger partial charge is 0.494 e. The lowest BCUT2D eigenvalue weighted by Crippen LogP contribution is -2.44. The summed E-state index contributed by atoms with van der Waals surface area (Å²) in [4.78, 5) is 23.1. The topological polar surface area (TPSA) is 100 Å². The molecule has 0 radical (unpaired) electrons. The van der Waals surface area contributed by atoms with Crippen LogP contribution in [0.2, 0.25) is 0 Å². The number of carbonyl (C=O) groups excluding carboxylic acids is 1. The molecule has 1 fully saturated rings. The van der Waals surface area contributed by atoms with Gasteiger partial charge in [-0.1, -0.05) is 0 Å². The van der Waals surface area contributed by atoms with Gasteiger partial charge in [-0.25, -0.2) is 14.4 Å². The molecule has 0 saturated carbocycles. The Balaban J connectivity index is 1.33. The Kier molecular flexibility index (Phi) is 7.73. The van der Waals surface area contributed by atoms with Crippen LogP contribution in [0.5, 0.6) is 17.5 Å². The van der Waals surface area contributed by atoms with Crippen LogP contribution in [-0.4, -0.2) is 69.6 Å². The fourth-order valence-electron chi connectivity index (χ4n) is 3.67. The molecule has 0 amide bonds. The SMILES string of the molecule is Cc1c(Oc2ccc(S(C)=O)cc2F)ncnc1OC1CCN(CC(=O)C2COC=CO2)CC1. The van der Waals surface area contributed by atoms with Gasteiger partial charge in [0.05, 0.1) is 12.1 Å². The van der Waals surface area contributed by atoms with Crippen molar-refractivity contribution in [1.82, 2.24) is 14.9 Å². The molecule has 2 aliphatic heterocycles. The van der Waals surface area contributed by atoms with Crippen LogP contribution in [0.25, 0.3) is 0 Å². The van der Waals surface area contributed by atoms with Crippen molar-refractivity contribution in [2.24, 2.45) is 0 Å². The van der Waals surface area contributed by atoms with Crippen LogP contribution < -0.4 is 9.47 Å². The predicted octanol–water partition coefficient (Wildman–Crippen LogP) is 2.75. The maximum atomic E-state index is 14.4. The van der Waals surface area contributed by atoms with Crippen molar-refractivity contribution in [2.75, 3.05) is 32.5 Å². The second-order valence-electron chi connectivity index (χ2n) is 8.05. The molecule has 0 N–H and O–H groups in total. The third kappa shape index (κ3) is 5.89. The number of hydrogen-bond donors (Lipinski definition) is 0. The van der Waals surface area contributed by atoms with Gasteiger partial charge in [-0.15, -0.1) is 0 Å². The Morgan fingerprint density at radius 1 is 1.24 bits per heavy atom. The molecule has 0 aliphatic carbocycles. The van der Waals surface area contributed by atoms with Crippen LogP contribution in [0.15, 0.2) is 41.9 Å². The highest BCUT2D eigenvalue weighted by Crippen LogP contribution is 2.31. The first-order chi connectivity index (χ1) is 16.4. The van der Waals surface area contributed by atoms with Crippen molar-refractivity contribution in [3.63, 3.8) is 0 Å². The molecule has 3 heterocycles. The lowest BCUT2D eigenvalue weighted by Gasteiger charge is -2.32. The van der Waals surface area contributed by atoms with Gasteiger partial charge in [0.2, 0.25) is 11.8 Å². The number of Topliss-reactive ketones (excluding diaryl/α,β-unsaturated/α-hetero) is 1. The molecule has 2 atom stereocenters. The first kappa shape index (κ1) is 24.1. The molecule has 2 aliphatic rings. The minimum absolute atomic E-state index is 0.0115. The van der Waals surface area contributed by atoms with E-state index in [1.165, 1.54) is 37.2 Å². The van der Waals surface area contributed by atoms with Gasteiger partial charge in [-0.05, 0) is 38.0 Å². The van der Waals surface area contributed by atoms with E-state index in [9.17, 15) is 13.4 Å². The maximum Gasteiger partial charge on any atom is 0.229 e. The number of rotatable bonds is 8. The van der Waals surface area contributed by atoms with Crippen molar-refractivity contribution >= 4 is 16.6 Å². The summed E-state index contributed by atoms with van der Waals surface area (Å²) in [5.74, 6) is -0.117. The van der Waals surface area contributed by atoms with Crippen molar-refractivity contribution in [1.29, 1.82) is 0 Å². The number of ether oxygens (including phenoxy) is 4. The Morgan fingerprint density at radius 3 is 2.68 bits per heavy atom. The summed E-state index contributed by atoms with van der Waals surface area (Å²) >= 11 is 0. The van der Waals surface area contributed by atoms with Gasteiger partial charge in [0.25, 0.3) is 0 Å². The number of halogens is 1. The average Bonchev–Trinajstić information content (AvgIpc) is 2.84. The standard InChI is InChI=1S/C23H26FN3O6S/c1-15-22(25-14-26-23(15)33-20-4-3-17(34(2)29)11-18(20)24)32-16-5-7-27(8-6-16)12-19(28)21-13-30-9-10-31-21/h3-4,9-11,14,16,21H,5-8,12-13H2,1-2H3. The quantitative estimate of drug-likeness (QED) is 0.552. The Labute approximate surface area is 199 Å². The fourth-order valence-corrected chi connectivity index (χ4v) is 4.20. The molecule has 182 valence electrons. The number of hydrogen-bond acceptors (Lipinski definition) is 9. The molecule has 1 aromatic carbocycles. The Bertz CT molecular complexity index is 1090. The molecule has 34 heavy (non-hydrogen) atoms. The van der Waals surface area contributed by atoms with Crippen LogP contribution in [0.3, 0.4) is 0 Å². The molecule has 11 heteroatoms. The van der Waals surface area contributed by atoms with Crippen LogP contribution in [-0.2, 0) is 25.1 Å². The first-order valence-corrected chi connectivity index (χ1v) is 12.4. The molecule has 0 spiro atoms. The van der Waals surface area contributed by atoms with E-state index in [0.29, 0.717) is 36.0 Å². The van der Waals surface area contributed by atoms with Gasteiger partial charge in [-0.2, -0.15) is 0 Å². The summed E-state index contributed by atoms with van der Waals surface area (Å²) in [6.45, 7) is 3.67. The molecule has 0 bridgehead atoms. The van der Waals surface area contributed by atoms with Crippen molar-refractivity contribution in [3.05, 3.63) is 48.4 Å². The maximum absolute atomic E-state index is 14.4. The summed E-state index contributed by atoms with van der Waals surface area (Å²) < 4.78 is 48.1. The molecular formula is C23H26FN3O6S. The van der Waals surface area contributed by atoms with Gasteiger partial charge in [-0.3, -0.25) is 13.9 Å². The van der Waals surface area contributed by atoms with Crippen molar-refractivity contribution in [2.45, 2.75) is 36.9 Å². The zero-order valence-corrected chi connectivity index (χ0v) is 19.8. The van der Waals surface area contributed by atoms with E-state index < -0.39 is 22.7 Å². The van der Waals surface area contributed by atoms with Gasteiger partial charge in [0.1, 0.15) is 31.6 Å². The number of likely N-dealkylation sites (tertiary alicyclic amines) is 1. The summed E-state index contributed by atoms with van der Waals surface area (Å²) in [5, 5.41) is 0. The fraction of sp³-hybridized carbons (Fsp3) is 0.435. The second-order valence-corrected chi connectivity index (χ2v) is 9.43. The van der Waals surface area contributed by atoms with Gasteiger partial charge >= 0.3 is 0 Å². The highest BCUT2D eigenvalue weighted by atomic mass is 32.2. The van der Waals surface area contributed by atoms with Crippen LogP contribution >= 0.6 is 0 Å². The molecule has 1 aromatic heterocycles. The highest BCUT2D eigenvalue weighted by Gasteiger charge is 2.28. The highest BCUT2D eigenvalue weighted by molar-refractivity contribution is 7.84. The molecule has 9 nitrogen and oxygen atoms in total. The van der Waals surface area contributed by atoms with Crippen LogP contribution in [0.4, 0.5) is 4.39 Å². The molecule has 2 aromatic rings. The number of carbonyl (C=O) groups is 1. The van der Waals surface area contributed by atoms with Crippen LogP contribution in [0.1, 0.15) is 18.4 Å². The molecule has 2 unspecified atom stereocenters. The molecule has 1 saturated heterocycles. The zero-order chi connectivity index (χ0) is 24.1. The van der Waals surface area contributed by atoms with Crippen LogP contribution in [0, 0.1) is 12.7 Å². The number of piperidine rings is 1. The number of benzene rings is 1. The summed E-state index contributed by atoms with van der Waals surface area (Å²) in [7, 11) is -1.29. The monoisotopic (exact) mass is 491 g/mol. The van der Waals surface area contributed by atoms with Crippen molar-refractivity contribution < 1.29 is 32.3 Å². The number of aromatic nitrogens is 2. The number of nitrogens with zero attached hydrogens (tertiary/aromatic N) is 3. The van der Waals surface area contributed by atoms with E-state index in [1.54, 1.807) is 13.0 Å². The molecular weight excluding hydrogens is 465 g/mol. The van der Waals surface area contributed by atoms with Crippen molar-refractivity contribution in [3.8, 4) is 17.5 Å². The smallest absolute Gasteiger partial charge is 0.229 e. The second kappa shape index (κ2) is 10.9. The summed E-state index contributed by atoms with van der Waals surface area (Å²) in [5.41, 5.74) is 0.546. The van der Waals surface area contributed by atoms with E-state index in [1.807, 2.05) is 0 Å². The first-order valence-electron chi connectivity index (χ1n) is 10.9. The van der Waals surface area contributed by atoms with E-state index in [2.05, 4.69) is 14.9 Å². The van der Waals surface area contributed by atoms with E-state index >= 15 is 0 Å². The third-order valence-electron chi connectivity index (χ3n) is 5.63. The number of ketones is 1. The van der Waals surface area contributed by atoms with E-state index in [-0.39, 0.29) is 30.1 Å². The van der Waals surface area contributed by atoms with Gasteiger partial charge in [0, 0.05) is 35.0 Å². The van der Waals surface area contributed by atoms with Gasteiger partial charge < -0.3 is 18.9 Å². The van der Waals surface area contributed by atoms with E-state index in [4.69, 9.17) is 18.9 Å². The lowest BCUT2D eigenvalue weighted by atomic mass is 10.1. The molecule has 4 rings (SSSR count). The predicted molar refractivity (Wildman–Crippen MR) is 121 cm³/mol. The minimum atomic E-state index is -1.29. The summed E-state index contributed by atoms with van der Waals surface area (Å²) in [6.07, 6.45) is 6.41. The third-order valence-corrected chi connectivity index (χ3v) is 6.54. The van der Waals surface area contributed by atoms with E-state index in [0.717, 1.165) is 12.8 Å². The minimum Gasteiger partial charge on any atom is -0.494 e. The Morgan fingerprint density at radius 2 is 2.00 bits per heavy atom. The zero-order valence-electron chi connectivity index (χ0n) is 18.9. The Hall–Kier alpha value is -3.05.